The number of carbonyl (C=O) groups is 1. The van der Waals surface area contributed by atoms with Crippen LogP contribution in [0.3, 0.4) is 0 Å². The van der Waals surface area contributed by atoms with Gasteiger partial charge in [-0.15, -0.1) is 0 Å². The summed E-state index contributed by atoms with van der Waals surface area (Å²) in [7, 11) is -2.24. The molecule has 0 heterocycles. The van der Waals surface area contributed by atoms with E-state index in [2.05, 4.69) is 20.7 Å². The predicted molar refractivity (Wildman–Crippen MR) is 94.3 cm³/mol. The summed E-state index contributed by atoms with van der Waals surface area (Å²) in [5, 5.41) is 0. The van der Waals surface area contributed by atoms with Crippen molar-refractivity contribution in [2.45, 2.75) is 50.6 Å². The van der Waals surface area contributed by atoms with E-state index in [0.717, 1.165) is 12.1 Å². The Hall–Kier alpha value is -1.00. The number of halogens is 5. The van der Waals surface area contributed by atoms with E-state index in [1.807, 2.05) is 4.72 Å². The standard InChI is InChI=1S/C16H20BrF4NO3S/c1-5-25-13(23)12(19)16(14(20)21,22-26(24)15(2,3)4)10-8-9(17)6-7-11(10)18/h6-8,12,14,22H,5H2,1-4H3/t12-,16-,26?/m1/s1. The van der Waals surface area contributed by atoms with Gasteiger partial charge < -0.3 is 4.74 Å². The normalized spacial score (nSPS) is 16.8. The second-order valence-electron chi connectivity index (χ2n) is 6.39. The first kappa shape index (κ1) is 23.0. The van der Waals surface area contributed by atoms with Crippen molar-refractivity contribution in [3.8, 4) is 0 Å². The van der Waals surface area contributed by atoms with Crippen molar-refractivity contribution < 1.29 is 31.3 Å². The Morgan fingerprint density at radius 1 is 1.31 bits per heavy atom. The van der Waals surface area contributed by atoms with Gasteiger partial charge in [0, 0.05) is 10.0 Å². The fraction of sp³-hybridized carbons (Fsp3) is 0.562. The molecule has 3 atom stereocenters. The summed E-state index contributed by atoms with van der Waals surface area (Å²) in [6.45, 7) is 5.49. The topological polar surface area (TPSA) is 55.4 Å². The summed E-state index contributed by atoms with van der Waals surface area (Å²) in [5.41, 5.74) is -4.03. The van der Waals surface area contributed by atoms with E-state index >= 15 is 0 Å². The molecule has 0 bridgehead atoms. The second-order valence-corrected chi connectivity index (χ2v) is 9.27. The molecule has 148 valence electrons. The number of rotatable bonds is 7. The van der Waals surface area contributed by atoms with Gasteiger partial charge in [-0.25, -0.2) is 31.3 Å². The summed E-state index contributed by atoms with van der Waals surface area (Å²) in [6, 6.07) is 2.99. The summed E-state index contributed by atoms with van der Waals surface area (Å²) >= 11 is 3.01. The van der Waals surface area contributed by atoms with Gasteiger partial charge in [-0.3, -0.25) is 0 Å². The zero-order chi connectivity index (χ0) is 20.3. The number of carbonyl (C=O) groups excluding carboxylic acids is 1. The van der Waals surface area contributed by atoms with Crippen LogP contribution in [0.15, 0.2) is 22.7 Å². The Balaban J connectivity index is 3.68. The quantitative estimate of drug-likeness (QED) is 0.493. The van der Waals surface area contributed by atoms with Crippen LogP contribution in [0.1, 0.15) is 33.3 Å². The maximum Gasteiger partial charge on any atom is 0.343 e. The number of hydrogen-bond donors (Lipinski definition) is 1. The molecular weight excluding hydrogens is 442 g/mol. The minimum Gasteiger partial charge on any atom is -0.464 e. The molecule has 1 unspecified atom stereocenters. The highest BCUT2D eigenvalue weighted by molar-refractivity contribution is 9.10. The van der Waals surface area contributed by atoms with Gasteiger partial charge in [0.1, 0.15) is 5.82 Å². The highest BCUT2D eigenvalue weighted by Gasteiger charge is 2.56. The summed E-state index contributed by atoms with van der Waals surface area (Å²) in [6.07, 6.45) is -6.62. The molecule has 1 aromatic carbocycles. The molecule has 0 aliphatic carbocycles. The van der Waals surface area contributed by atoms with Crippen molar-refractivity contribution in [2.75, 3.05) is 6.61 Å². The number of hydrogen-bond acceptors (Lipinski definition) is 3. The molecule has 26 heavy (non-hydrogen) atoms. The lowest BCUT2D eigenvalue weighted by Gasteiger charge is -2.37. The van der Waals surface area contributed by atoms with Gasteiger partial charge in [0.25, 0.3) is 6.43 Å². The van der Waals surface area contributed by atoms with Crippen molar-refractivity contribution in [3.63, 3.8) is 0 Å². The van der Waals surface area contributed by atoms with Crippen molar-refractivity contribution in [1.29, 1.82) is 0 Å². The van der Waals surface area contributed by atoms with Crippen LogP contribution in [-0.2, 0) is 26.1 Å². The molecule has 0 radical (unpaired) electrons. The Labute approximate surface area is 160 Å². The molecule has 1 N–H and O–H groups in total. The fourth-order valence-corrected chi connectivity index (χ4v) is 3.31. The number of alkyl halides is 3. The third-order valence-corrected chi connectivity index (χ3v) is 5.56. The van der Waals surface area contributed by atoms with Crippen LogP contribution in [0.25, 0.3) is 0 Å². The largest absolute Gasteiger partial charge is 0.464 e. The first-order valence-electron chi connectivity index (χ1n) is 7.62. The molecule has 0 aliphatic heterocycles. The van der Waals surface area contributed by atoms with Crippen LogP contribution in [-0.4, -0.2) is 34.1 Å². The van der Waals surface area contributed by atoms with Gasteiger partial charge in [0.05, 0.1) is 22.3 Å². The van der Waals surface area contributed by atoms with Crippen molar-refractivity contribution >= 4 is 32.9 Å². The maximum atomic E-state index is 15.0. The van der Waals surface area contributed by atoms with E-state index < -0.39 is 51.2 Å². The van der Waals surface area contributed by atoms with Gasteiger partial charge in [-0.1, -0.05) is 15.9 Å². The minimum atomic E-state index is -3.61. The van der Waals surface area contributed by atoms with Crippen LogP contribution in [0.4, 0.5) is 17.6 Å². The number of benzene rings is 1. The molecule has 0 aromatic heterocycles. The molecule has 0 aliphatic rings. The fourth-order valence-electron chi connectivity index (χ4n) is 2.04. The third kappa shape index (κ3) is 4.83. The molecule has 4 nitrogen and oxygen atoms in total. The summed E-state index contributed by atoms with van der Waals surface area (Å²) < 4.78 is 75.6. The van der Waals surface area contributed by atoms with Crippen molar-refractivity contribution in [2.24, 2.45) is 0 Å². The van der Waals surface area contributed by atoms with Crippen molar-refractivity contribution in [1.82, 2.24) is 4.72 Å². The molecule has 1 aromatic rings. The van der Waals surface area contributed by atoms with Gasteiger partial charge >= 0.3 is 5.97 Å². The van der Waals surface area contributed by atoms with Crippen LogP contribution in [0.5, 0.6) is 0 Å². The van der Waals surface area contributed by atoms with E-state index in [4.69, 9.17) is 0 Å². The molecule has 0 saturated heterocycles. The highest BCUT2D eigenvalue weighted by atomic mass is 79.9. The predicted octanol–water partition coefficient (Wildman–Crippen LogP) is 4.00. The second kappa shape index (κ2) is 8.79. The van der Waals surface area contributed by atoms with E-state index in [1.54, 1.807) is 0 Å². The Morgan fingerprint density at radius 3 is 2.35 bits per heavy atom. The SMILES string of the molecule is CCOC(=O)[C@@H](F)[C@](NS(=O)C(C)(C)C)(c1cc(Br)ccc1F)C(F)F. The van der Waals surface area contributed by atoms with E-state index in [1.165, 1.54) is 33.8 Å². The average molecular weight is 462 g/mol. The van der Waals surface area contributed by atoms with Crippen LogP contribution >= 0.6 is 15.9 Å². The van der Waals surface area contributed by atoms with E-state index in [0.29, 0.717) is 0 Å². The monoisotopic (exact) mass is 461 g/mol. The van der Waals surface area contributed by atoms with E-state index in [9.17, 15) is 26.6 Å². The average Bonchev–Trinajstić information content (AvgIpc) is 2.53. The first-order valence-corrected chi connectivity index (χ1v) is 9.56. The molecule has 0 saturated carbocycles. The maximum absolute atomic E-state index is 15.0. The zero-order valence-corrected chi connectivity index (χ0v) is 17.0. The zero-order valence-electron chi connectivity index (χ0n) is 14.6. The Morgan fingerprint density at radius 2 is 1.88 bits per heavy atom. The molecule has 1 rings (SSSR count). The first-order chi connectivity index (χ1) is 11.9. The van der Waals surface area contributed by atoms with Gasteiger partial charge in [-0.2, -0.15) is 0 Å². The number of nitrogens with one attached hydrogen (secondary N) is 1. The lowest BCUT2D eigenvalue weighted by molar-refractivity contribution is -0.156. The van der Waals surface area contributed by atoms with Gasteiger partial charge in [0.15, 0.2) is 5.54 Å². The molecule has 0 spiro atoms. The molecule has 10 heteroatoms. The smallest absolute Gasteiger partial charge is 0.343 e. The van der Waals surface area contributed by atoms with Crippen LogP contribution in [0, 0.1) is 5.82 Å². The number of ether oxygens (including phenoxy) is 1. The molecule has 0 amide bonds. The Kier molecular flexibility index (Phi) is 7.79. The summed E-state index contributed by atoms with van der Waals surface area (Å²) in [5.74, 6) is -2.79. The van der Waals surface area contributed by atoms with E-state index in [-0.39, 0.29) is 11.1 Å². The number of esters is 1. The highest BCUT2D eigenvalue weighted by Crippen LogP contribution is 2.38. The van der Waals surface area contributed by atoms with Crippen molar-refractivity contribution in [3.05, 3.63) is 34.1 Å². The van der Waals surface area contributed by atoms with Gasteiger partial charge in [0.2, 0.25) is 6.17 Å². The summed E-state index contributed by atoms with van der Waals surface area (Å²) in [4.78, 5) is 11.9. The Bertz CT molecular complexity index is 684. The molecular formula is C16H20BrF4NO3S. The minimum absolute atomic E-state index is 0.179. The third-order valence-electron chi connectivity index (χ3n) is 3.43. The van der Waals surface area contributed by atoms with Crippen LogP contribution < -0.4 is 4.72 Å². The van der Waals surface area contributed by atoms with Gasteiger partial charge in [-0.05, 0) is 45.9 Å². The lowest BCUT2D eigenvalue weighted by Crippen LogP contribution is -2.60. The van der Waals surface area contributed by atoms with Crippen LogP contribution in [0.2, 0.25) is 0 Å². The lowest BCUT2D eigenvalue weighted by atomic mass is 9.86. The molecule has 0 fully saturated rings.